The van der Waals surface area contributed by atoms with Gasteiger partial charge in [-0.2, -0.15) is 13.2 Å². The summed E-state index contributed by atoms with van der Waals surface area (Å²) in [5.41, 5.74) is 1.74. The largest absolute Gasteiger partial charge is 0.471 e. The van der Waals surface area contributed by atoms with E-state index in [4.69, 9.17) is 0 Å². The van der Waals surface area contributed by atoms with Crippen molar-refractivity contribution in [2.24, 2.45) is 0 Å². The van der Waals surface area contributed by atoms with Gasteiger partial charge in [-0.15, -0.1) is 0 Å². The van der Waals surface area contributed by atoms with Crippen molar-refractivity contribution in [2.45, 2.75) is 19.6 Å². The first-order valence-corrected chi connectivity index (χ1v) is 7.08. The molecule has 2 aromatic carbocycles. The molecule has 0 heterocycles. The molecule has 0 spiro atoms. The van der Waals surface area contributed by atoms with E-state index < -0.39 is 12.1 Å². The van der Waals surface area contributed by atoms with E-state index in [1.165, 1.54) is 18.2 Å². The zero-order valence-electron chi connectivity index (χ0n) is 12.8. The molecule has 2 N–H and O–H groups in total. The molecule has 2 amide bonds. The Bertz CT molecular complexity index is 757. The van der Waals surface area contributed by atoms with E-state index in [9.17, 15) is 22.8 Å². The minimum atomic E-state index is -4.97. The summed E-state index contributed by atoms with van der Waals surface area (Å²) in [5, 5.41) is 4.43. The number of anilines is 1. The third kappa shape index (κ3) is 4.58. The average molecular weight is 336 g/mol. The summed E-state index contributed by atoms with van der Waals surface area (Å²) in [7, 11) is 0. The van der Waals surface area contributed by atoms with Gasteiger partial charge in [0, 0.05) is 17.8 Å². The number of benzene rings is 2. The van der Waals surface area contributed by atoms with E-state index in [0.717, 1.165) is 5.56 Å². The molecular weight excluding hydrogens is 321 g/mol. The summed E-state index contributed by atoms with van der Waals surface area (Å²) in [6.45, 7) is 1.83. The van der Waals surface area contributed by atoms with Crippen molar-refractivity contribution < 1.29 is 22.8 Å². The van der Waals surface area contributed by atoms with Gasteiger partial charge in [0.2, 0.25) is 0 Å². The van der Waals surface area contributed by atoms with E-state index in [1.807, 2.05) is 18.3 Å². The molecule has 0 aliphatic rings. The molecule has 2 aromatic rings. The van der Waals surface area contributed by atoms with E-state index in [0.29, 0.717) is 11.1 Å². The van der Waals surface area contributed by atoms with Crippen LogP contribution >= 0.6 is 0 Å². The lowest BCUT2D eigenvalue weighted by atomic mass is 10.1. The van der Waals surface area contributed by atoms with Crippen LogP contribution < -0.4 is 10.6 Å². The van der Waals surface area contributed by atoms with Gasteiger partial charge in [-0.25, -0.2) is 0 Å². The molecule has 0 aliphatic carbocycles. The van der Waals surface area contributed by atoms with Crippen LogP contribution in [0.5, 0.6) is 0 Å². The predicted octanol–water partition coefficient (Wildman–Crippen LogP) is 3.43. The summed E-state index contributed by atoms with van der Waals surface area (Å²) in [6.07, 6.45) is -4.97. The third-order valence-corrected chi connectivity index (χ3v) is 3.24. The SMILES string of the molecule is Cc1cccc(C(=O)NCc2ccccc2NC(=O)C(F)(F)F)c1. The zero-order chi connectivity index (χ0) is 17.7. The van der Waals surface area contributed by atoms with E-state index >= 15 is 0 Å². The zero-order valence-corrected chi connectivity index (χ0v) is 12.8. The molecule has 0 saturated heterocycles. The fourth-order valence-corrected chi connectivity index (χ4v) is 2.05. The Balaban J connectivity index is 2.08. The number of nitrogens with one attached hydrogen (secondary N) is 2. The van der Waals surface area contributed by atoms with Gasteiger partial charge in [-0.05, 0) is 30.7 Å². The molecular formula is C17H15F3N2O2. The highest BCUT2D eigenvalue weighted by Gasteiger charge is 2.38. The number of carbonyl (C=O) groups is 2. The van der Waals surface area contributed by atoms with Crippen LogP contribution in [0.3, 0.4) is 0 Å². The maximum absolute atomic E-state index is 12.4. The van der Waals surface area contributed by atoms with Gasteiger partial charge in [0.05, 0.1) is 0 Å². The van der Waals surface area contributed by atoms with Crippen LogP contribution in [0, 0.1) is 6.92 Å². The summed E-state index contributed by atoms with van der Waals surface area (Å²) < 4.78 is 37.1. The summed E-state index contributed by atoms with van der Waals surface area (Å²) in [5.74, 6) is -2.41. The number of halogens is 3. The van der Waals surface area contributed by atoms with Crippen LogP contribution in [0.25, 0.3) is 0 Å². The molecule has 0 fully saturated rings. The second kappa shape index (κ2) is 7.16. The van der Waals surface area contributed by atoms with Crippen LogP contribution in [-0.4, -0.2) is 18.0 Å². The predicted molar refractivity (Wildman–Crippen MR) is 83.5 cm³/mol. The van der Waals surface area contributed by atoms with Crippen LogP contribution in [-0.2, 0) is 11.3 Å². The first kappa shape index (κ1) is 17.5. The van der Waals surface area contributed by atoms with Gasteiger partial charge >= 0.3 is 12.1 Å². The van der Waals surface area contributed by atoms with Gasteiger partial charge in [0.1, 0.15) is 0 Å². The number of aryl methyl sites for hydroxylation is 1. The maximum atomic E-state index is 12.4. The molecule has 126 valence electrons. The average Bonchev–Trinajstić information content (AvgIpc) is 2.52. The van der Waals surface area contributed by atoms with Gasteiger partial charge in [-0.1, -0.05) is 35.9 Å². The second-order valence-electron chi connectivity index (χ2n) is 5.16. The van der Waals surface area contributed by atoms with Crippen molar-refractivity contribution in [2.75, 3.05) is 5.32 Å². The lowest BCUT2D eigenvalue weighted by molar-refractivity contribution is -0.167. The van der Waals surface area contributed by atoms with Crippen molar-refractivity contribution in [1.29, 1.82) is 0 Å². The van der Waals surface area contributed by atoms with Gasteiger partial charge in [0.25, 0.3) is 5.91 Å². The first-order valence-electron chi connectivity index (χ1n) is 7.08. The van der Waals surface area contributed by atoms with Crippen LogP contribution in [0.4, 0.5) is 18.9 Å². The summed E-state index contributed by atoms with van der Waals surface area (Å²) >= 11 is 0. The molecule has 7 heteroatoms. The maximum Gasteiger partial charge on any atom is 0.471 e. The van der Waals surface area contributed by atoms with E-state index in [1.54, 1.807) is 24.3 Å². The molecule has 0 aliphatic heterocycles. The highest BCUT2D eigenvalue weighted by Crippen LogP contribution is 2.21. The molecule has 4 nitrogen and oxygen atoms in total. The van der Waals surface area contributed by atoms with E-state index in [-0.39, 0.29) is 18.1 Å². The van der Waals surface area contributed by atoms with Crippen molar-refractivity contribution in [3.63, 3.8) is 0 Å². The van der Waals surface area contributed by atoms with Gasteiger partial charge < -0.3 is 10.6 Å². The van der Waals surface area contributed by atoms with Crippen LogP contribution in [0.15, 0.2) is 48.5 Å². The highest BCUT2D eigenvalue weighted by molar-refractivity contribution is 5.96. The van der Waals surface area contributed by atoms with Crippen LogP contribution in [0.2, 0.25) is 0 Å². The second-order valence-corrected chi connectivity index (χ2v) is 5.16. The van der Waals surface area contributed by atoms with Crippen molar-refractivity contribution >= 4 is 17.5 Å². The van der Waals surface area contributed by atoms with Crippen molar-refractivity contribution in [3.8, 4) is 0 Å². The molecule has 0 saturated carbocycles. The molecule has 24 heavy (non-hydrogen) atoms. The summed E-state index contributed by atoms with van der Waals surface area (Å²) in [4.78, 5) is 23.1. The van der Waals surface area contributed by atoms with E-state index in [2.05, 4.69) is 5.32 Å². The Morgan fingerprint density at radius 2 is 1.75 bits per heavy atom. The Labute approximate surface area is 136 Å². The minimum absolute atomic E-state index is 0.00404. The fourth-order valence-electron chi connectivity index (χ4n) is 2.05. The molecule has 2 rings (SSSR count). The topological polar surface area (TPSA) is 58.2 Å². The van der Waals surface area contributed by atoms with Crippen molar-refractivity contribution in [1.82, 2.24) is 5.32 Å². The number of hydrogen-bond acceptors (Lipinski definition) is 2. The van der Waals surface area contributed by atoms with Gasteiger partial charge in [0.15, 0.2) is 0 Å². The summed E-state index contributed by atoms with van der Waals surface area (Å²) in [6, 6.07) is 12.9. The Kier molecular flexibility index (Phi) is 5.23. The molecule has 0 bridgehead atoms. The molecule has 0 aromatic heterocycles. The third-order valence-electron chi connectivity index (χ3n) is 3.24. The monoisotopic (exact) mass is 336 g/mol. The Morgan fingerprint density at radius 3 is 2.42 bits per heavy atom. The standard InChI is InChI=1S/C17H15F3N2O2/c1-11-5-4-7-12(9-11)15(23)21-10-13-6-2-3-8-14(13)22-16(24)17(18,19)20/h2-9H,10H2,1H3,(H,21,23)(H,22,24). The number of amides is 2. The molecule has 0 atom stereocenters. The number of carbonyl (C=O) groups excluding carboxylic acids is 2. The number of alkyl halides is 3. The number of para-hydroxylation sites is 1. The lowest BCUT2D eigenvalue weighted by Gasteiger charge is -2.13. The minimum Gasteiger partial charge on any atom is -0.348 e. The number of rotatable bonds is 4. The molecule has 0 unspecified atom stereocenters. The number of hydrogen-bond donors (Lipinski definition) is 2. The lowest BCUT2D eigenvalue weighted by Crippen LogP contribution is -2.31. The molecule has 0 radical (unpaired) electrons. The normalized spacial score (nSPS) is 11.0. The first-order chi connectivity index (χ1) is 11.3. The Morgan fingerprint density at radius 1 is 1.04 bits per heavy atom. The quantitative estimate of drug-likeness (QED) is 0.899. The Hall–Kier alpha value is -2.83. The van der Waals surface area contributed by atoms with Gasteiger partial charge in [-0.3, -0.25) is 9.59 Å². The van der Waals surface area contributed by atoms with Crippen LogP contribution in [0.1, 0.15) is 21.5 Å². The van der Waals surface area contributed by atoms with Crippen molar-refractivity contribution in [3.05, 3.63) is 65.2 Å². The highest BCUT2D eigenvalue weighted by atomic mass is 19.4. The smallest absolute Gasteiger partial charge is 0.348 e. The fraction of sp³-hybridized carbons (Fsp3) is 0.176.